The Balaban J connectivity index is 2.45. The molecule has 1 heterocycles. The van der Waals surface area contributed by atoms with Crippen molar-refractivity contribution < 1.29 is 0 Å². The predicted octanol–water partition coefficient (Wildman–Crippen LogP) is 2.32. The molecular formula is C10H9ClN2O. The summed E-state index contributed by atoms with van der Waals surface area (Å²) in [5.74, 6) is 0. The van der Waals surface area contributed by atoms with Crippen LogP contribution in [-0.4, -0.2) is 9.55 Å². The van der Waals surface area contributed by atoms with Crippen molar-refractivity contribution in [2.45, 2.75) is 18.9 Å². The molecule has 0 aliphatic heterocycles. The number of fused-ring (bicyclic) bond motifs is 1. The van der Waals surface area contributed by atoms with Crippen LogP contribution in [0.4, 0.5) is 0 Å². The van der Waals surface area contributed by atoms with Crippen molar-refractivity contribution in [1.29, 1.82) is 0 Å². The maximum Gasteiger partial charge on any atom is 0.326 e. The highest BCUT2D eigenvalue weighted by Gasteiger charge is 2.27. The monoisotopic (exact) mass is 208 g/mol. The summed E-state index contributed by atoms with van der Waals surface area (Å²) in [6.45, 7) is 0. The molecule has 0 amide bonds. The molecule has 3 rings (SSSR count). The van der Waals surface area contributed by atoms with Crippen LogP contribution in [0.15, 0.2) is 23.0 Å². The second-order valence-corrected chi connectivity index (χ2v) is 4.07. The lowest BCUT2D eigenvalue weighted by Gasteiger charge is -2.00. The molecule has 0 spiro atoms. The van der Waals surface area contributed by atoms with Crippen molar-refractivity contribution in [3.63, 3.8) is 0 Å². The van der Waals surface area contributed by atoms with E-state index in [1.54, 1.807) is 4.57 Å². The third-order valence-electron chi connectivity index (χ3n) is 2.60. The Morgan fingerprint density at radius 1 is 1.43 bits per heavy atom. The van der Waals surface area contributed by atoms with Crippen LogP contribution in [0.1, 0.15) is 18.9 Å². The smallest absolute Gasteiger partial charge is 0.305 e. The van der Waals surface area contributed by atoms with Crippen molar-refractivity contribution in [3.8, 4) is 0 Å². The molecule has 0 radical (unpaired) electrons. The highest BCUT2D eigenvalue weighted by molar-refractivity contribution is 6.34. The van der Waals surface area contributed by atoms with Gasteiger partial charge in [-0.3, -0.25) is 4.57 Å². The number of aromatic amines is 1. The van der Waals surface area contributed by atoms with Gasteiger partial charge in [-0.15, -0.1) is 0 Å². The Morgan fingerprint density at radius 3 is 2.93 bits per heavy atom. The number of aromatic nitrogens is 2. The topological polar surface area (TPSA) is 37.8 Å². The first kappa shape index (κ1) is 8.12. The summed E-state index contributed by atoms with van der Waals surface area (Å²) in [5.41, 5.74) is 1.63. The van der Waals surface area contributed by atoms with Crippen LogP contribution in [0, 0.1) is 0 Å². The fraction of sp³-hybridized carbons (Fsp3) is 0.300. The molecule has 72 valence electrons. The number of halogens is 1. The molecule has 1 N–H and O–H groups in total. The second-order valence-electron chi connectivity index (χ2n) is 3.67. The molecule has 1 saturated carbocycles. The summed E-state index contributed by atoms with van der Waals surface area (Å²) in [7, 11) is 0. The van der Waals surface area contributed by atoms with E-state index in [1.807, 2.05) is 18.2 Å². The molecule has 4 heteroatoms. The number of para-hydroxylation sites is 1. The molecule has 1 aliphatic carbocycles. The Labute approximate surface area is 85.3 Å². The average Bonchev–Trinajstić information content (AvgIpc) is 2.90. The van der Waals surface area contributed by atoms with Crippen LogP contribution in [0.2, 0.25) is 5.02 Å². The molecule has 1 aromatic carbocycles. The number of rotatable bonds is 1. The quantitative estimate of drug-likeness (QED) is 0.768. The van der Waals surface area contributed by atoms with Gasteiger partial charge in [-0.05, 0) is 25.0 Å². The van der Waals surface area contributed by atoms with E-state index in [4.69, 9.17) is 11.6 Å². The molecule has 0 unspecified atom stereocenters. The minimum atomic E-state index is -0.0457. The van der Waals surface area contributed by atoms with Gasteiger partial charge in [0, 0.05) is 6.04 Å². The molecule has 1 aliphatic rings. The van der Waals surface area contributed by atoms with Crippen LogP contribution >= 0.6 is 11.6 Å². The number of H-pyrrole nitrogens is 1. The number of nitrogens with zero attached hydrogens (tertiary/aromatic N) is 1. The molecule has 3 nitrogen and oxygen atoms in total. The minimum Gasteiger partial charge on any atom is -0.305 e. The number of benzene rings is 1. The largest absolute Gasteiger partial charge is 0.326 e. The summed E-state index contributed by atoms with van der Waals surface area (Å²) in [6.07, 6.45) is 2.16. The van der Waals surface area contributed by atoms with E-state index in [0.717, 1.165) is 23.9 Å². The third kappa shape index (κ3) is 1.02. The van der Waals surface area contributed by atoms with E-state index < -0.39 is 0 Å². The van der Waals surface area contributed by atoms with Crippen LogP contribution in [0.3, 0.4) is 0 Å². The summed E-state index contributed by atoms with van der Waals surface area (Å²) in [5, 5.41) is 0.646. The van der Waals surface area contributed by atoms with E-state index in [2.05, 4.69) is 4.98 Å². The van der Waals surface area contributed by atoms with Crippen molar-refractivity contribution in [3.05, 3.63) is 33.7 Å². The highest BCUT2D eigenvalue weighted by Crippen LogP contribution is 2.37. The summed E-state index contributed by atoms with van der Waals surface area (Å²) >= 11 is 6.07. The Morgan fingerprint density at radius 2 is 2.21 bits per heavy atom. The Hall–Kier alpha value is -1.22. The summed E-state index contributed by atoms with van der Waals surface area (Å²) in [6, 6.07) is 5.89. The van der Waals surface area contributed by atoms with Gasteiger partial charge in [-0.1, -0.05) is 17.7 Å². The first-order chi connectivity index (χ1) is 6.77. The molecule has 0 atom stereocenters. The molecule has 1 aromatic heterocycles. The Bertz CT molecular complexity index is 551. The maximum absolute atomic E-state index is 11.6. The van der Waals surface area contributed by atoms with Gasteiger partial charge in [0.15, 0.2) is 0 Å². The van der Waals surface area contributed by atoms with Gasteiger partial charge in [0.05, 0.1) is 16.1 Å². The summed E-state index contributed by atoms with van der Waals surface area (Å²) < 4.78 is 1.78. The number of hydrogen-bond acceptors (Lipinski definition) is 1. The van der Waals surface area contributed by atoms with Crippen molar-refractivity contribution >= 4 is 22.6 Å². The first-order valence-corrected chi connectivity index (χ1v) is 5.04. The van der Waals surface area contributed by atoms with Gasteiger partial charge < -0.3 is 4.98 Å². The molecular weight excluding hydrogens is 200 g/mol. The van der Waals surface area contributed by atoms with Gasteiger partial charge in [0.25, 0.3) is 0 Å². The van der Waals surface area contributed by atoms with Crippen LogP contribution in [0.25, 0.3) is 11.0 Å². The highest BCUT2D eigenvalue weighted by atomic mass is 35.5. The van der Waals surface area contributed by atoms with E-state index >= 15 is 0 Å². The van der Waals surface area contributed by atoms with Gasteiger partial charge in [0.1, 0.15) is 0 Å². The zero-order valence-corrected chi connectivity index (χ0v) is 8.21. The first-order valence-electron chi connectivity index (χ1n) is 4.66. The standard InChI is InChI=1S/C10H9ClN2O/c11-7-2-1-3-8-9(7)13(6-4-5-6)10(14)12-8/h1-3,6H,4-5H2,(H,12,14). The molecule has 0 saturated heterocycles. The minimum absolute atomic E-state index is 0.0457. The zero-order chi connectivity index (χ0) is 9.71. The molecule has 1 fully saturated rings. The van der Waals surface area contributed by atoms with E-state index in [0.29, 0.717) is 11.1 Å². The van der Waals surface area contributed by atoms with E-state index in [1.165, 1.54) is 0 Å². The number of imidazole rings is 1. The van der Waals surface area contributed by atoms with Crippen molar-refractivity contribution in [2.24, 2.45) is 0 Å². The third-order valence-corrected chi connectivity index (χ3v) is 2.91. The lowest BCUT2D eigenvalue weighted by atomic mass is 10.3. The van der Waals surface area contributed by atoms with Gasteiger partial charge in [0.2, 0.25) is 0 Å². The Kier molecular flexibility index (Phi) is 1.53. The van der Waals surface area contributed by atoms with E-state index in [9.17, 15) is 4.79 Å². The lowest BCUT2D eigenvalue weighted by Crippen LogP contribution is -2.15. The van der Waals surface area contributed by atoms with Crippen LogP contribution in [-0.2, 0) is 0 Å². The van der Waals surface area contributed by atoms with Crippen molar-refractivity contribution in [2.75, 3.05) is 0 Å². The SMILES string of the molecule is O=c1[nH]c2cccc(Cl)c2n1C1CC1. The average molecular weight is 209 g/mol. The molecule has 14 heavy (non-hydrogen) atoms. The number of nitrogens with one attached hydrogen (secondary N) is 1. The van der Waals surface area contributed by atoms with Gasteiger partial charge >= 0.3 is 5.69 Å². The summed E-state index contributed by atoms with van der Waals surface area (Å²) in [4.78, 5) is 14.4. The molecule has 2 aromatic rings. The zero-order valence-electron chi connectivity index (χ0n) is 7.46. The van der Waals surface area contributed by atoms with Gasteiger partial charge in [-0.25, -0.2) is 4.79 Å². The fourth-order valence-corrected chi connectivity index (χ4v) is 2.08. The predicted molar refractivity (Wildman–Crippen MR) is 55.8 cm³/mol. The van der Waals surface area contributed by atoms with Crippen LogP contribution in [0.5, 0.6) is 0 Å². The fourth-order valence-electron chi connectivity index (χ4n) is 1.82. The second kappa shape index (κ2) is 2.64. The normalized spacial score (nSPS) is 16.4. The van der Waals surface area contributed by atoms with Crippen LogP contribution < -0.4 is 5.69 Å². The number of hydrogen-bond donors (Lipinski definition) is 1. The molecule has 0 bridgehead atoms. The van der Waals surface area contributed by atoms with Crippen molar-refractivity contribution in [1.82, 2.24) is 9.55 Å². The van der Waals surface area contributed by atoms with E-state index in [-0.39, 0.29) is 5.69 Å². The maximum atomic E-state index is 11.6. The lowest BCUT2D eigenvalue weighted by molar-refractivity contribution is 0.733. The van der Waals surface area contributed by atoms with Gasteiger partial charge in [-0.2, -0.15) is 0 Å².